The van der Waals surface area contributed by atoms with Gasteiger partial charge < -0.3 is 4.98 Å². The van der Waals surface area contributed by atoms with Crippen molar-refractivity contribution in [1.82, 2.24) is 4.98 Å². The van der Waals surface area contributed by atoms with Crippen molar-refractivity contribution in [1.29, 1.82) is 0 Å². The molecule has 0 aliphatic heterocycles. The highest BCUT2D eigenvalue weighted by Crippen LogP contribution is 2.23. The zero-order valence-corrected chi connectivity index (χ0v) is 8.85. The van der Waals surface area contributed by atoms with E-state index in [0.29, 0.717) is 0 Å². The lowest BCUT2D eigenvalue weighted by Gasteiger charge is -1.98. The van der Waals surface area contributed by atoms with Crippen molar-refractivity contribution < 1.29 is 0 Å². The minimum Gasteiger partial charge on any atom is -0.358 e. The molecular weight excluding hydrogens is 170 g/mol. The molecule has 0 amide bonds. The van der Waals surface area contributed by atoms with E-state index in [4.69, 9.17) is 0 Å². The van der Waals surface area contributed by atoms with Crippen LogP contribution in [0.3, 0.4) is 0 Å². The van der Waals surface area contributed by atoms with E-state index >= 15 is 0 Å². The Labute approximate surface area is 85.1 Å². The summed E-state index contributed by atoms with van der Waals surface area (Å²) in [6.07, 6.45) is 3.70. The molecular formula is C13H16N. The number of rotatable bonds is 3. The van der Waals surface area contributed by atoms with Crippen LogP contribution in [-0.2, 0) is 6.42 Å². The lowest BCUT2D eigenvalue weighted by Crippen LogP contribution is -1.85. The van der Waals surface area contributed by atoms with Gasteiger partial charge in [-0.2, -0.15) is 0 Å². The average Bonchev–Trinajstić information content (AvgIpc) is 2.51. The molecule has 2 aromatic rings. The second-order valence-electron chi connectivity index (χ2n) is 3.80. The van der Waals surface area contributed by atoms with Crippen molar-refractivity contribution in [2.24, 2.45) is 0 Å². The molecule has 0 saturated carbocycles. The molecule has 0 unspecified atom stereocenters. The number of unbranched alkanes of at least 4 members (excludes halogenated alkanes) is 1. The second kappa shape index (κ2) is 3.87. The summed E-state index contributed by atoms with van der Waals surface area (Å²) in [6.45, 7) is 4.39. The molecule has 1 heterocycles. The molecule has 0 aliphatic rings. The van der Waals surface area contributed by atoms with Gasteiger partial charge in [0, 0.05) is 16.6 Å². The smallest absolute Gasteiger partial charge is 0.0459 e. The number of hydrogen-bond acceptors (Lipinski definition) is 0. The van der Waals surface area contributed by atoms with Crippen LogP contribution in [0.1, 0.15) is 31.0 Å². The summed E-state index contributed by atoms with van der Waals surface area (Å²) in [6, 6.07) is 9.29. The molecule has 0 spiro atoms. The number of fused-ring (bicyclic) bond motifs is 1. The average molecular weight is 186 g/mol. The van der Waals surface area contributed by atoms with Crippen molar-refractivity contribution in [3.63, 3.8) is 0 Å². The zero-order valence-electron chi connectivity index (χ0n) is 8.85. The Bertz CT molecular complexity index is 426. The molecule has 1 nitrogen and oxygen atoms in total. The predicted molar refractivity (Wildman–Crippen MR) is 60.5 cm³/mol. The van der Waals surface area contributed by atoms with Gasteiger partial charge in [0.05, 0.1) is 0 Å². The van der Waals surface area contributed by atoms with Gasteiger partial charge in [0.15, 0.2) is 0 Å². The highest BCUT2D eigenvalue weighted by molar-refractivity contribution is 5.84. The maximum Gasteiger partial charge on any atom is 0.0459 e. The summed E-state index contributed by atoms with van der Waals surface area (Å²) < 4.78 is 0. The molecule has 0 saturated heterocycles. The topological polar surface area (TPSA) is 15.8 Å². The predicted octanol–water partition coefficient (Wildman–Crippen LogP) is 3.62. The Hall–Kier alpha value is -1.24. The monoisotopic (exact) mass is 186 g/mol. The molecule has 1 aromatic heterocycles. The van der Waals surface area contributed by atoms with Crippen LogP contribution in [0.15, 0.2) is 18.2 Å². The fourth-order valence-electron chi connectivity index (χ4n) is 1.94. The van der Waals surface area contributed by atoms with Gasteiger partial charge in [0.2, 0.25) is 0 Å². The highest BCUT2D eigenvalue weighted by Gasteiger charge is 2.06. The summed E-state index contributed by atoms with van der Waals surface area (Å²) in [5.41, 5.74) is 4.03. The van der Waals surface area contributed by atoms with Gasteiger partial charge in [0.1, 0.15) is 0 Å². The van der Waals surface area contributed by atoms with Gasteiger partial charge in [-0.1, -0.05) is 19.4 Å². The lowest BCUT2D eigenvalue weighted by atomic mass is 10.1. The van der Waals surface area contributed by atoms with Crippen molar-refractivity contribution in [2.75, 3.05) is 0 Å². The third kappa shape index (κ3) is 1.54. The quantitative estimate of drug-likeness (QED) is 0.753. The molecule has 1 radical (unpaired) electrons. The first kappa shape index (κ1) is 9.32. The van der Waals surface area contributed by atoms with Gasteiger partial charge in [-0.25, -0.2) is 0 Å². The maximum absolute atomic E-state index is 3.42. The van der Waals surface area contributed by atoms with Crippen LogP contribution in [0.4, 0.5) is 0 Å². The normalized spacial score (nSPS) is 11.0. The first-order valence-electron chi connectivity index (χ1n) is 5.30. The molecule has 1 aromatic carbocycles. The van der Waals surface area contributed by atoms with Crippen LogP contribution in [-0.4, -0.2) is 4.98 Å². The first-order chi connectivity index (χ1) is 6.83. The molecule has 2 rings (SSSR count). The van der Waals surface area contributed by atoms with Gasteiger partial charge >= 0.3 is 0 Å². The Balaban J connectivity index is 2.45. The van der Waals surface area contributed by atoms with Crippen LogP contribution in [0.25, 0.3) is 10.9 Å². The number of aryl methyl sites for hydroxylation is 2. The minimum absolute atomic E-state index is 1.18. The second-order valence-corrected chi connectivity index (χ2v) is 3.80. The van der Waals surface area contributed by atoms with Crippen molar-refractivity contribution in [3.05, 3.63) is 35.5 Å². The Morgan fingerprint density at radius 2 is 2.29 bits per heavy atom. The van der Waals surface area contributed by atoms with Gasteiger partial charge in [0.25, 0.3) is 0 Å². The van der Waals surface area contributed by atoms with Gasteiger partial charge in [-0.3, -0.25) is 0 Å². The zero-order chi connectivity index (χ0) is 9.97. The summed E-state index contributed by atoms with van der Waals surface area (Å²) in [4.78, 5) is 3.42. The molecule has 73 valence electrons. The van der Waals surface area contributed by atoms with Crippen molar-refractivity contribution in [3.8, 4) is 0 Å². The largest absolute Gasteiger partial charge is 0.358 e. The maximum atomic E-state index is 3.42. The summed E-state index contributed by atoms with van der Waals surface area (Å²) >= 11 is 0. The molecule has 0 fully saturated rings. The molecule has 1 N–H and O–H groups in total. The summed E-state index contributed by atoms with van der Waals surface area (Å²) in [5.74, 6) is 0. The Morgan fingerprint density at radius 3 is 3.07 bits per heavy atom. The van der Waals surface area contributed by atoms with E-state index < -0.39 is 0 Å². The van der Waals surface area contributed by atoms with Gasteiger partial charge in [-0.15, -0.1) is 0 Å². The molecule has 0 atom stereocenters. The molecule has 0 aliphatic carbocycles. The minimum atomic E-state index is 1.18. The molecule has 1 heteroatoms. The van der Waals surface area contributed by atoms with Crippen LogP contribution >= 0.6 is 0 Å². The lowest BCUT2D eigenvalue weighted by molar-refractivity contribution is 0.794. The standard InChI is InChI=1S/C13H16N/c1-3-4-7-11-10(2)14-13-9-6-5-8-12(11)13/h6,8-9,14H,3-4,7H2,1-2H3. The number of aromatic amines is 1. The number of aromatic nitrogens is 1. The summed E-state index contributed by atoms with van der Waals surface area (Å²) in [5, 5.41) is 1.35. The van der Waals surface area contributed by atoms with Crippen molar-refractivity contribution >= 4 is 10.9 Å². The fourth-order valence-corrected chi connectivity index (χ4v) is 1.94. The van der Waals surface area contributed by atoms with Crippen LogP contribution in [0, 0.1) is 13.0 Å². The van der Waals surface area contributed by atoms with Crippen molar-refractivity contribution in [2.45, 2.75) is 33.1 Å². The van der Waals surface area contributed by atoms with Crippen LogP contribution in [0.2, 0.25) is 0 Å². The van der Waals surface area contributed by atoms with E-state index in [-0.39, 0.29) is 0 Å². The van der Waals surface area contributed by atoms with Gasteiger partial charge in [-0.05, 0) is 43.5 Å². The van der Waals surface area contributed by atoms with E-state index in [1.54, 1.807) is 0 Å². The fraction of sp³-hybridized carbons (Fsp3) is 0.385. The van der Waals surface area contributed by atoms with E-state index in [1.807, 2.05) is 6.07 Å². The third-order valence-corrected chi connectivity index (χ3v) is 2.74. The molecule has 14 heavy (non-hydrogen) atoms. The number of H-pyrrole nitrogens is 1. The summed E-state index contributed by atoms with van der Waals surface area (Å²) in [7, 11) is 0. The number of benzene rings is 1. The third-order valence-electron chi connectivity index (χ3n) is 2.74. The van der Waals surface area contributed by atoms with Crippen LogP contribution in [0.5, 0.6) is 0 Å². The Kier molecular flexibility index (Phi) is 2.58. The number of nitrogens with one attached hydrogen (secondary N) is 1. The van der Waals surface area contributed by atoms with E-state index in [0.717, 1.165) is 0 Å². The Morgan fingerprint density at radius 1 is 1.43 bits per heavy atom. The SMILES string of the molecule is CCCCc1c(C)[nH]c2cc[c]cc12. The van der Waals surface area contributed by atoms with Crippen LogP contribution < -0.4 is 0 Å². The molecule has 0 bridgehead atoms. The first-order valence-corrected chi connectivity index (χ1v) is 5.30. The highest BCUT2D eigenvalue weighted by atomic mass is 14.7. The van der Waals surface area contributed by atoms with E-state index in [1.165, 1.54) is 41.4 Å². The van der Waals surface area contributed by atoms with E-state index in [9.17, 15) is 0 Å². The van der Waals surface area contributed by atoms with E-state index in [2.05, 4.69) is 37.0 Å². The number of hydrogen-bond donors (Lipinski definition) is 1.